The first-order chi connectivity index (χ1) is 5.83. The second kappa shape index (κ2) is 2.24. The van der Waals surface area contributed by atoms with Gasteiger partial charge in [0.25, 0.3) is 0 Å². The molecule has 0 radical (unpaired) electrons. The summed E-state index contributed by atoms with van der Waals surface area (Å²) in [7, 11) is 0. The van der Waals surface area contributed by atoms with Gasteiger partial charge in [-0.2, -0.15) is 0 Å². The fourth-order valence-corrected chi connectivity index (χ4v) is 2.92. The van der Waals surface area contributed by atoms with E-state index in [-0.39, 0.29) is 11.6 Å². The summed E-state index contributed by atoms with van der Waals surface area (Å²) in [6.45, 7) is 0. The van der Waals surface area contributed by atoms with E-state index in [4.69, 9.17) is 9.47 Å². The molecular weight excluding hydrogens is 152 g/mol. The minimum absolute atomic E-state index is 0.107. The van der Waals surface area contributed by atoms with Gasteiger partial charge >= 0.3 is 0 Å². The Morgan fingerprint density at radius 3 is 1.25 bits per heavy atom. The maximum Gasteiger partial charge on any atom is 0.175 e. The van der Waals surface area contributed by atoms with E-state index in [1.54, 1.807) is 0 Å². The van der Waals surface area contributed by atoms with Crippen LogP contribution in [0.5, 0.6) is 0 Å². The predicted molar refractivity (Wildman–Crippen MR) is 44.6 cm³/mol. The standard InChI is InChI=1S/C10H16O2/c1-2-6-9(5-1)11-10(12-9)7-3-4-8-10/h1-8H2. The molecule has 1 aliphatic heterocycles. The van der Waals surface area contributed by atoms with Crippen LogP contribution in [0.2, 0.25) is 0 Å². The number of rotatable bonds is 0. The van der Waals surface area contributed by atoms with Crippen molar-refractivity contribution in [1.29, 1.82) is 0 Å². The lowest BCUT2D eigenvalue weighted by Gasteiger charge is -2.53. The van der Waals surface area contributed by atoms with Crippen molar-refractivity contribution in [3.63, 3.8) is 0 Å². The molecule has 2 saturated carbocycles. The lowest BCUT2D eigenvalue weighted by atomic mass is 10.1. The van der Waals surface area contributed by atoms with Crippen molar-refractivity contribution in [2.24, 2.45) is 0 Å². The van der Waals surface area contributed by atoms with Gasteiger partial charge in [0.15, 0.2) is 11.6 Å². The summed E-state index contributed by atoms with van der Waals surface area (Å²) in [4.78, 5) is 0. The Bertz CT molecular complexity index is 158. The molecule has 0 aromatic heterocycles. The molecule has 0 atom stereocenters. The van der Waals surface area contributed by atoms with Crippen LogP contribution in [0, 0.1) is 0 Å². The molecule has 0 N–H and O–H groups in total. The van der Waals surface area contributed by atoms with E-state index in [0.29, 0.717) is 0 Å². The van der Waals surface area contributed by atoms with Crippen LogP contribution in [0.15, 0.2) is 0 Å². The minimum Gasteiger partial charge on any atom is -0.318 e. The van der Waals surface area contributed by atoms with E-state index in [1.165, 1.54) is 25.7 Å². The quantitative estimate of drug-likeness (QED) is 0.553. The average Bonchev–Trinajstić information content (AvgIpc) is 2.58. The third-order valence-corrected chi connectivity index (χ3v) is 3.47. The first-order valence-electron chi connectivity index (χ1n) is 5.23. The van der Waals surface area contributed by atoms with E-state index in [0.717, 1.165) is 25.7 Å². The SMILES string of the molecule is C1CCC2(C1)OC1(CCCC1)O2. The topological polar surface area (TPSA) is 18.5 Å². The largest absolute Gasteiger partial charge is 0.318 e. The Morgan fingerprint density at radius 2 is 0.917 bits per heavy atom. The third-order valence-electron chi connectivity index (χ3n) is 3.47. The number of ether oxygens (including phenoxy) is 2. The molecule has 1 saturated heterocycles. The van der Waals surface area contributed by atoms with Crippen molar-refractivity contribution in [2.75, 3.05) is 0 Å². The Kier molecular flexibility index (Phi) is 1.37. The molecule has 68 valence electrons. The summed E-state index contributed by atoms with van der Waals surface area (Å²) in [6, 6.07) is 0. The fraction of sp³-hybridized carbons (Fsp3) is 1.00. The molecule has 3 rings (SSSR count). The molecule has 2 nitrogen and oxygen atoms in total. The first-order valence-corrected chi connectivity index (χ1v) is 5.23. The molecule has 0 bridgehead atoms. The number of hydrogen-bond donors (Lipinski definition) is 0. The molecule has 12 heavy (non-hydrogen) atoms. The Balaban J connectivity index is 1.69. The Labute approximate surface area is 73.2 Å². The van der Waals surface area contributed by atoms with E-state index < -0.39 is 0 Å². The van der Waals surface area contributed by atoms with Crippen LogP contribution >= 0.6 is 0 Å². The summed E-state index contributed by atoms with van der Waals surface area (Å²) in [5.41, 5.74) is 0. The molecular formula is C10H16O2. The molecule has 0 amide bonds. The van der Waals surface area contributed by atoms with Gasteiger partial charge in [-0.05, 0) is 25.7 Å². The predicted octanol–water partition coefficient (Wildman–Crippen LogP) is 2.57. The molecule has 0 unspecified atom stereocenters. The molecule has 2 spiro atoms. The summed E-state index contributed by atoms with van der Waals surface area (Å²) in [5, 5.41) is 0. The lowest BCUT2D eigenvalue weighted by Crippen LogP contribution is -2.59. The normalized spacial score (nSPS) is 36.0. The van der Waals surface area contributed by atoms with Gasteiger partial charge in [0.2, 0.25) is 0 Å². The second-order valence-corrected chi connectivity index (χ2v) is 4.44. The van der Waals surface area contributed by atoms with E-state index >= 15 is 0 Å². The smallest absolute Gasteiger partial charge is 0.175 e. The van der Waals surface area contributed by atoms with Crippen LogP contribution in [-0.2, 0) is 9.47 Å². The third kappa shape index (κ3) is 0.882. The van der Waals surface area contributed by atoms with Crippen molar-refractivity contribution < 1.29 is 9.47 Å². The maximum absolute atomic E-state index is 6.01. The highest BCUT2D eigenvalue weighted by atomic mass is 16.9. The van der Waals surface area contributed by atoms with E-state index in [1.807, 2.05) is 0 Å². The monoisotopic (exact) mass is 168 g/mol. The van der Waals surface area contributed by atoms with Crippen molar-refractivity contribution in [3.8, 4) is 0 Å². The molecule has 0 aromatic carbocycles. The maximum atomic E-state index is 6.01. The van der Waals surface area contributed by atoms with Gasteiger partial charge in [0.05, 0.1) is 0 Å². The van der Waals surface area contributed by atoms with Crippen LogP contribution in [0.25, 0.3) is 0 Å². The van der Waals surface area contributed by atoms with Gasteiger partial charge in [0, 0.05) is 25.7 Å². The molecule has 1 heterocycles. The van der Waals surface area contributed by atoms with Gasteiger partial charge < -0.3 is 9.47 Å². The van der Waals surface area contributed by atoms with Crippen LogP contribution < -0.4 is 0 Å². The molecule has 0 aromatic rings. The highest BCUT2D eigenvalue weighted by Crippen LogP contribution is 2.54. The van der Waals surface area contributed by atoms with E-state index in [9.17, 15) is 0 Å². The summed E-state index contributed by atoms with van der Waals surface area (Å²) in [6.07, 6.45) is 9.69. The zero-order valence-corrected chi connectivity index (χ0v) is 7.47. The Hall–Kier alpha value is -0.0800. The first kappa shape index (κ1) is 7.34. The lowest BCUT2D eigenvalue weighted by molar-refractivity contribution is -0.505. The van der Waals surface area contributed by atoms with Crippen LogP contribution in [-0.4, -0.2) is 11.6 Å². The fourth-order valence-electron chi connectivity index (χ4n) is 2.92. The van der Waals surface area contributed by atoms with Gasteiger partial charge in [-0.25, -0.2) is 0 Å². The number of hydrogen-bond acceptors (Lipinski definition) is 2. The summed E-state index contributed by atoms with van der Waals surface area (Å²) in [5.74, 6) is -0.214. The molecule has 2 heteroatoms. The molecule has 2 aliphatic carbocycles. The molecule has 3 aliphatic rings. The average molecular weight is 168 g/mol. The van der Waals surface area contributed by atoms with Crippen molar-refractivity contribution in [2.45, 2.75) is 62.9 Å². The van der Waals surface area contributed by atoms with Crippen molar-refractivity contribution in [3.05, 3.63) is 0 Å². The minimum atomic E-state index is -0.107. The second-order valence-electron chi connectivity index (χ2n) is 4.44. The highest BCUT2D eigenvalue weighted by Gasteiger charge is 2.58. The van der Waals surface area contributed by atoms with Crippen LogP contribution in [0.4, 0.5) is 0 Å². The Morgan fingerprint density at radius 1 is 0.583 bits per heavy atom. The zero-order chi connectivity index (χ0) is 8.07. The van der Waals surface area contributed by atoms with Crippen LogP contribution in [0.1, 0.15) is 51.4 Å². The van der Waals surface area contributed by atoms with E-state index in [2.05, 4.69) is 0 Å². The van der Waals surface area contributed by atoms with Gasteiger partial charge in [-0.3, -0.25) is 0 Å². The van der Waals surface area contributed by atoms with Crippen molar-refractivity contribution >= 4 is 0 Å². The van der Waals surface area contributed by atoms with Gasteiger partial charge in [-0.15, -0.1) is 0 Å². The van der Waals surface area contributed by atoms with Gasteiger partial charge in [0.1, 0.15) is 0 Å². The van der Waals surface area contributed by atoms with Gasteiger partial charge in [-0.1, -0.05) is 0 Å². The zero-order valence-electron chi connectivity index (χ0n) is 7.47. The highest BCUT2D eigenvalue weighted by molar-refractivity contribution is 4.94. The summed E-state index contributed by atoms with van der Waals surface area (Å²) >= 11 is 0. The summed E-state index contributed by atoms with van der Waals surface area (Å²) < 4.78 is 12.0. The van der Waals surface area contributed by atoms with Crippen molar-refractivity contribution in [1.82, 2.24) is 0 Å². The van der Waals surface area contributed by atoms with Crippen LogP contribution in [0.3, 0.4) is 0 Å². The molecule has 3 fully saturated rings.